The van der Waals surface area contributed by atoms with Gasteiger partial charge in [0.1, 0.15) is 0 Å². The van der Waals surface area contributed by atoms with Gasteiger partial charge >= 0.3 is 0 Å². The van der Waals surface area contributed by atoms with E-state index in [-0.39, 0.29) is 0 Å². The fourth-order valence-electron chi connectivity index (χ4n) is 4.82. The van der Waals surface area contributed by atoms with Crippen LogP contribution in [0.5, 0.6) is 0 Å². The van der Waals surface area contributed by atoms with Crippen LogP contribution in [-0.4, -0.2) is 40.1 Å². The van der Waals surface area contributed by atoms with Crippen LogP contribution < -0.4 is 14.9 Å². The Bertz CT molecular complexity index is 971. The maximum atomic E-state index is 13.2. The summed E-state index contributed by atoms with van der Waals surface area (Å²) in [6.45, 7) is 2.77. The van der Waals surface area contributed by atoms with Gasteiger partial charge in [0.25, 0.3) is 10.0 Å². The van der Waals surface area contributed by atoms with Crippen molar-refractivity contribution in [1.82, 2.24) is 10.6 Å². The number of benzene rings is 2. The molecule has 2 aliphatic heterocycles. The molecule has 6 heteroatoms. The summed E-state index contributed by atoms with van der Waals surface area (Å²) in [7, 11) is -3.51. The van der Waals surface area contributed by atoms with E-state index in [0.717, 1.165) is 31.6 Å². The summed E-state index contributed by atoms with van der Waals surface area (Å²) in [4.78, 5) is 0.366. The first-order valence-electron chi connectivity index (χ1n) is 10.8. The molecule has 1 aliphatic carbocycles. The van der Waals surface area contributed by atoms with Gasteiger partial charge in [-0.1, -0.05) is 30.3 Å². The second-order valence-electron chi connectivity index (χ2n) is 8.52. The molecule has 2 fully saturated rings. The molecule has 1 saturated heterocycles. The van der Waals surface area contributed by atoms with Crippen molar-refractivity contribution in [3.05, 3.63) is 59.7 Å². The number of aryl methyl sites for hydroxylation is 1. The highest BCUT2D eigenvalue weighted by molar-refractivity contribution is 7.92. The fourth-order valence-corrected chi connectivity index (χ4v) is 6.38. The number of anilines is 1. The van der Waals surface area contributed by atoms with Crippen molar-refractivity contribution in [2.24, 2.45) is 0 Å². The van der Waals surface area contributed by atoms with Crippen molar-refractivity contribution in [1.29, 1.82) is 0 Å². The van der Waals surface area contributed by atoms with E-state index in [9.17, 15) is 8.42 Å². The van der Waals surface area contributed by atoms with Gasteiger partial charge in [-0.3, -0.25) is 4.31 Å². The molecular formula is C23H29N3O2S. The predicted molar refractivity (Wildman–Crippen MR) is 116 cm³/mol. The average molecular weight is 412 g/mol. The lowest BCUT2D eigenvalue weighted by molar-refractivity contribution is 0.383. The van der Waals surface area contributed by atoms with Crippen molar-refractivity contribution in [3.63, 3.8) is 0 Å². The second-order valence-corrected chi connectivity index (χ2v) is 10.4. The first-order valence-corrected chi connectivity index (χ1v) is 12.2. The highest BCUT2D eigenvalue weighted by atomic mass is 32.2. The van der Waals surface area contributed by atoms with Gasteiger partial charge in [0.05, 0.1) is 10.6 Å². The van der Waals surface area contributed by atoms with Gasteiger partial charge in [0.2, 0.25) is 0 Å². The molecule has 1 saturated carbocycles. The Labute approximate surface area is 173 Å². The van der Waals surface area contributed by atoms with Gasteiger partial charge in [-0.05, 0) is 74.5 Å². The third-order valence-electron chi connectivity index (χ3n) is 6.52. The van der Waals surface area contributed by atoms with Crippen LogP contribution in [0.15, 0.2) is 53.4 Å². The van der Waals surface area contributed by atoms with Crippen LogP contribution in [-0.2, 0) is 16.4 Å². The number of piperidine rings is 1. The molecule has 5 nitrogen and oxygen atoms in total. The van der Waals surface area contributed by atoms with E-state index in [0.29, 0.717) is 29.4 Å². The molecule has 0 amide bonds. The summed E-state index contributed by atoms with van der Waals surface area (Å²) in [5, 5.41) is 7.25. The Kier molecular flexibility index (Phi) is 5.10. The summed E-state index contributed by atoms with van der Waals surface area (Å²) in [6, 6.07) is 16.4. The van der Waals surface area contributed by atoms with E-state index in [4.69, 9.17) is 0 Å². The van der Waals surface area contributed by atoms with Gasteiger partial charge in [0.15, 0.2) is 0 Å². The van der Waals surface area contributed by atoms with Crippen LogP contribution >= 0.6 is 0 Å². The van der Waals surface area contributed by atoms with E-state index in [2.05, 4.69) is 22.8 Å². The molecule has 0 unspecified atom stereocenters. The van der Waals surface area contributed by atoms with Crippen molar-refractivity contribution in [2.45, 2.75) is 55.0 Å². The zero-order valence-corrected chi connectivity index (χ0v) is 17.5. The normalized spacial score (nSPS) is 24.9. The molecule has 5 rings (SSSR count). The Hall–Kier alpha value is -1.89. The van der Waals surface area contributed by atoms with Crippen LogP contribution in [0.1, 0.15) is 42.7 Å². The van der Waals surface area contributed by atoms with E-state index >= 15 is 0 Å². The number of sulfonamides is 1. The molecule has 2 heterocycles. The van der Waals surface area contributed by atoms with Crippen LogP contribution in [0.2, 0.25) is 0 Å². The minimum Gasteiger partial charge on any atom is -0.317 e. The van der Waals surface area contributed by atoms with Crippen LogP contribution in [0.25, 0.3) is 0 Å². The maximum Gasteiger partial charge on any atom is 0.264 e. The van der Waals surface area contributed by atoms with Gasteiger partial charge in [-0.15, -0.1) is 0 Å². The minimum atomic E-state index is -3.51. The zero-order chi connectivity index (χ0) is 19.8. The lowest BCUT2D eigenvalue weighted by Gasteiger charge is -2.31. The second kappa shape index (κ2) is 7.74. The van der Waals surface area contributed by atoms with E-state index in [1.807, 2.05) is 12.1 Å². The molecule has 2 N–H and O–H groups in total. The SMILES string of the molecule is O=S(=O)(c1ccccc1)N1CCCc2cc([C@@H]3C[C@H]3NC3CCNCC3)ccc21. The van der Waals surface area contributed by atoms with Crippen molar-refractivity contribution in [2.75, 3.05) is 23.9 Å². The summed E-state index contributed by atoms with van der Waals surface area (Å²) in [5.74, 6) is 0.566. The fraction of sp³-hybridized carbons (Fsp3) is 0.478. The third kappa shape index (κ3) is 3.81. The molecule has 0 spiro atoms. The summed E-state index contributed by atoms with van der Waals surface area (Å²) >= 11 is 0. The highest BCUT2D eigenvalue weighted by Gasteiger charge is 2.40. The number of hydrogen-bond acceptors (Lipinski definition) is 4. The smallest absolute Gasteiger partial charge is 0.264 e. The summed E-state index contributed by atoms with van der Waals surface area (Å²) in [5.41, 5.74) is 3.38. The molecule has 3 aliphatic rings. The predicted octanol–water partition coefficient (Wildman–Crippen LogP) is 3.03. The standard InChI is InChI=1S/C23H29N3O2S/c27-29(28,20-6-2-1-3-7-20)26-14-4-5-18-15-17(8-9-23(18)26)21-16-22(21)25-19-10-12-24-13-11-19/h1-3,6-9,15,19,21-22,24-25H,4-5,10-14,16H2/t21-,22+/m0/s1. The lowest BCUT2D eigenvalue weighted by atomic mass is 9.98. The molecule has 0 aromatic heterocycles. The van der Waals surface area contributed by atoms with Crippen molar-refractivity contribution in [3.8, 4) is 0 Å². The first-order chi connectivity index (χ1) is 14.1. The number of fused-ring (bicyclic) bond motifs is 1. The molecule has 0 bridgehead atoms. The molecule has 154 valence electrons. The van der Waals surface area contributed by atoms with Gasteiger partial charge in [0, 0.05) is 24.5 Å². The Morgan fingerprint density at radius 2 is 1.83 bits per heavy atom. The third-order valence-corrected chi connectivity index (χ3v) is 8.35. The number of nitrogens with zero attached hydrogens (tertiary/aromatic N) is 1. The quantitative estimate of drug-likeness (QED) is 0.794. The van der Waals surface area contributed by atoms with E-state index < -0.39 is 10.0 Å². The first kappa shape index (κ1) is 19.1. The van der Waals surface area contributed by atoms with Gasteiger partial charge in [-0.2, -0.15) is 0 Å². The Morgan fingerprint density at radius 1 is 1.03 bits per heavy atom. The summed E-state index contributed by atoms with van der Waals surface area (Å²) in [6.07, 6.45) is 5.42. The average Bonchev–Trinajstić information content (AvgIpc) is 3.53. The Morgan fingerprint density at radius 3 is 2.62 bits per heavy atom. The highest BCUT2D eigenvalue weighted by Crippen LogP contribution is 2.43. The molecular weight excluding hydrogens is 382 g/mol. The van der Waals surface area contributed by atoms with Crippen LogP contribution in [0, 0.1) is 0 Å². The zero-order valence-electron chi connectivity index (χ0n) is 16.7. The molecule has 2 aromatic carbocycles. The topological polar surface area (TPSA) is 61.4 Å². The number of hydrogen-bond donors (Lipinski definition) is 2. The molecule has 0 radical (unpaired) electrons. The molecule has 2 atom stereocenters. The van der Waals surface area contributed by atoms with Gasteiger partial charge < -0.3 is 10.6 Å². The van der Waals surface area contributed by atoms with E-state index in [1.54, 1.807) is 28.6 Å². The Balaban J connectivity index is 1.34. The number of rotatable bonds is 5. The van der Waals surface area contributed by atoms with Crippen LogP contribution in [0.3, 0.4) is 0 Å². The molecule has 2 aromatic rings. The maximum absolute atomic E-state index is 13.2. The van der Waals surface area contributed by atoms with Crippen LogP contribution in [0.4, 0.5) is 5.69 Å². The van der Waals surface area contributed by atoms with Gasteiger partial charge in [-0.25, -0.2) is 8.42 Å². The number of nitrogens with one attached hydrogen (secondary N) is 2. The van der Waals surface area contributed by atoms with Crippen molar-refractivity contribution >= 4 is 15.7 Å². The summed E-state index contributed by atoms with van der Waals surface area (Å²) < 4.78 is 27.9. The minimum absolute atomic E-state index is 0.366. The largest absolute Gasteiger partial charge is 0.317 e. The lowest BCUT2D eigenvalue weighted by Crippen LogP contribution is -2.41. The monoisotopic (exact) mass is 411 g/mol. The molecule has 29 heavy (non-hydrogen) atoms. The van der Waals surface area contributed by atoms with E-state index in [1.165, 1.54) is 30.4 Å². The van der Waals surface area contributed by atoms with Crippen molar-refractivity contribution < 1.29 is 8.42 Å².